The smallest absolute Gasteiger partial charge is 0.250 e. The van der Waals surface area contributed by atoms with Gasteiger partial charge in [-0.1, -0.05) is 35.9 Å². The van der Waals surface area contributed by atoms with E-state index in [2.05, 4.69) is 9.97 Å². The first-order valence-corrected chi connectivity index (χ1v) is 7.41. The largest absolute Gasteiger partial charge is 0.418 e. The van der Waals surface area contributed by atoms with Crippen LogP contribution in [0.4, 0.5) is 13.2 Å². The number of aromatic nitrogens is 2. The number of para-hydroxylation sites is 1. The van der Waals surface area contributed by atoms with Crippen LogP contribution in [0.15, 0.2) is 42.5 Å². The normalized spacial score (nSPS) is 11.8. The van der Waals surface area contributed by atoms with E-state index in [-0.39, 0.29) is 11.0 Å². The van der Waals surface area contributed by atoms with E-state index in [9.17, 15) is 13.2 Å². The molecular formula is C16H11BClF3N2. The average molecular weight is 335 g/mol. The van der Waals surface area contributed by atoms with E-state index in [0.717, 1.165) is 6.07 Å². The molecule has 23 heavy (non-hydrogen) atoms. The molecule has 0 aliphatic carbocycles. The molecule has 0 amide bonds. The molecule has 3 aromatic rings. The van der Waals surface area contributed by atoms with E-state index < -0.39 is 11.7 Å². The number of halogens is 4. The highest BCUT2D eigenvalue weighted by Gasteiger charge is 2.33. The lowest BCUT2D eigenvalue weighted by atomic mass is 9.96. The summed E-state index contributed by atoms with van der Waals surface area (Å²) in [4.78, 5) is 8.64. The van der Waals surface area contributed by atoms with Crippen LogP contribution >= 0.6 is 11.6 Å². The van der Waals surface area contributed by atoms with Crippen LogP contribution in [0.1, 0.15) is 11.3 Å². The van der Waals surface area contributed by atoms with E-state index >= 15 is 0 Å². The van der Waals surface area contributed by atoms with Crippen molar-refractivity contribution >= 4 is 30.5 Å². The Kier molecular flexibility index (Phi) is 4.02. The Hall–Kier alpha value is -2.08. The molecule has 3 rings (SSSR count). The van der Waals surface area contributed by atoms with Crippen LogP contribution in [0.25, 0.3) is 22.3 Å². The summed E-state index contributed by atoms with van der Waals surface area (Å²) in [5.74, 6) is 0. The zero-order valence-corrected chi connectivity index (χ0v) is 12.9. The van der Waals surface area contributed by atoms with Gasteiger partial charge in [0.25, 0.3) is 0 Å². The summed E-state index contributed by atoms with van der Waals surface area (Å²) < 4.78 is 39.7. The number of hydrogen-bond acceptors (Lipinski definition) is 2. The van der Waals surface area contributed by atoms with Crippen molar-refractivity contribution in [2.45, 2.75) is 12.5 Å². The summed E-state index contributed by atoms with van der Waals surface area (Å²) in [6.45, 7) is 0. The summed E-state index contributed by atoms with van der Waals surface area (Å²) in [6.07, 6.45) is -3.95. The summed E-state index contributed by atoms with van der Waals surface area (Å²) in [5, 5.41) is 0.431. The molecule has 0 radical (unpaired) electrons. The Balaban J connectivity index is 2.36. The first-order valence-electron chi connectivity index (χ1n) is 7.03. The number of benzene rings is 2. The van der Waals surface area contributed by atoms with Crippen molar-refractivity contribution in [3.63, 3.8) is 0 Å². The molecule has 0 atom stereocenters. The number of hydrogen-bond donors (Lipinski definition) is 0. The average Bonchev–Trinajstić information content (AvgIpc) is 2.52. The molecule has 1 aromatic heterocycles. The van der Waals surface area contributed by atoms with Crippen molar-refractivity contribution in [3.05, 3.63) is 58.7 Å². The lowest BCUT2D eigenvalue weighted by molar-refractivity contribution is -0.136. The molecule has 0 spiro atoms. The van der Waals surface area contributed by atoms with Gasteiger partial charge in [0.2, 0.25) is 0 Å². The minimum Gasteiger partial charge on any atom is -0.250 e. The molecule has 0 fully saturated rings. The standard InChI is InChI=1S/C16H11BClF3N2/c17-8-13-14(9-4-1-2-6-11(9)18)23-15-10(16(19,20)21)5-3-7-12(15)22-13/h1-7H,8,17H2. The zero-order chi connectivity index (χ0) is 16.6. The second-order valence-corrected chi connectivity index (χ2v) is 5.43. The molecular weight excluding hydrogens is 323 g/mol. The highest BCUT2D eigenvalue weighted by atomic mass is 35.5. The summed E-state index contributed by atoms with van der Waals surface area (Å²) in [6, 6.07) is 10.8. The van der Waals surface area contributed by atoms with Gasteiger partial charge < -0.3 is 0 Å². The topological polar surface area (TPSA) is 25.8 Å². The fraction of sp³-hybridized carbons (Fsp3) is 0.125. The number of rotatable bonds is 2. The van der Waals surface area contributed by atoms with Gasteiger partial charge in [0, 0.05) is 5.56 Å². The van der Waals surface area contributed by atoms with Crippen molar-refractivity contribution in [2.75, 3.05) is 0 Å². The van der Waals surface area contributed by atoms with Gasteiger partial charge in [0.1, 0.15) is 13.4 Å². The van der Waals surface area contributed by atoms with Crippen molar-refractivity contribution in [1.82, 2.24) is 9.97 Å². The van der Waals surface area contributed by atoms with Crippen LogP contribution in [0.3, 0.4) is 0 Å². The summed E-state index contributed by atoms with van der Waals surface area (Å²) >= 11 is 6.18. The zero-order valence-electron chi connectivity index (χ0n) is 12.2. The van der Waals surface area contributed by atoms with Crippen molar-refractivity contribution in [1.29, 1.82) is 0 Å². The molecule has 1 heterocycles. The van der Waals surface area contributed by atoms with Gasteiger partial charge in [-0.15, -0.1) is 0 Å². The molecule has 0 N–H and O–H groups in total. The molecule has 0 aliphatic rings. The van der Waals surface area contributed by atoms with Gasteiger partial charge >= 0.3 is 6.18 Å². The Morgan fingerprint density at radius 2 is 1.74 bits per heavy atom. The highest BCUT2D eigenvalue weighted by molar-refractivity contribution is 6.33. The Morgan fingerprint density at radius 1 is 1.00 bits per heavy atom. The lowest BCUT2D eigenvalue weighted by Gasteiger charge is -2.13. The van der Waals surface area contributed by atoms with E-state index in [4.69, 9.17) is 11.6 Å². The lowest BCUT2D eigenvalue weighted by Crippen LogP contribution is -2.09. The van der Waals surface area contributed by atoms with Crippen LogP contribution in [-0.2, 0) is 12.5 Å². The fourth-order valence-corrected chi connectivity index (χ4v) is 2.68. The molecule has 0 aliphatic heterocycles. The van der Waals surface area contributed by atoms with E-state index in [1.54, 1.807) is 24.3 Å². The minimum atomic E-state index is -4.49. The Labute approximate surface area is 136 Å². The first-order chi connectivity index (χ1) is 10.9. The van der Waals surface area contributed by atoms with Crippen LogP contribution in [0.5, 0.6) is 0 Å². The van der Waals surface area contributed by atoms with Crippen LogP contribution in [0, 0.1) is 0 Å². The third-order valence-corrected chi connectivity index (χ3v) is 3.87. The van der Waals surface area contributed by atoms with Gasteiger partial charge in [0.15, 0.2) is 0 Å². The Morgan fingerprint density at radius 3 is 2.39 bits per heavy atom. The number of alkyl halides is 3. The van der Waals surface area contributed by atoms with E-state index in [0.29, 0.717) is 28.3 Å². The van der Waals surface area contributed by atoms with Gasteiger partial charge in [-0.3, -0.25) is 0 Å². The third kappa shape index (κ3) is 2.91. The van der Waals surface area contributed by atoms with Crippen LogP contribution < -0.4 is 0 Å². The number of fused-ring (bicyclic) bond motifs is 1. The van der Waals surface area contributed by atoms with Gasteiger partial charge in [-0.2, -0.15) is 13.2 Å². The maximum absolute atomic E-state index is 13.2. The quantitative estimate of drug-likeness (QED) is 0.659. The highest BCUT2D eigenvalue weighted by Crippen LogP contribution is 2.36. The van der Waals surface area contributed by atoms with Crippen LogP contribution in [0.2, 0.25) is 5.02 Å². The SMILES string of the molecule is BCc1nc2cccc(C(F)(F)F)c2nc1-c1ccccc1Cl. The molecule has 0 saturated carbocycles. The summed E-state index contributed by atoms with van der Waals surface area (Å²) in [7, 11) is 1.88. The molecule has 2 nitrogen and oxygen atoms in total. The molecule has 116 valence electrons. The van der Waals surface area contributed by atoms with E-state index in [1.807, 2.05) is 7.85 Å². The van der Waals surface area contributed by atoms with E-state index in [1.165, 1.54) is 12.1 Å². The molecule has 7 heteroatoms. The molecule has 0 bridgehead atoms. The van der Waals surface area contributed by atoms with Gasteiger partial charge in [0.05, 0.1) is 27.5 Å². The monoisotopic (exact) mass is 334 g/mol. The third-order valence-electron chi connectivity index (χ3n) is 3.54. The minimum absolute atomic E-state index is 0.160. The predicted octanol–water partition coefficient (Wildman–Crippen LogP) is 4.10. The van der Waals surface area contributed by atoms with Crippen molar-refractivity contribution in [2.24, 2.45) is 0 Å². The maximum atomic E-state index is 13.2. The van der Waals surface area contributed by atoms with Gasteiger partial charge in [-0.05, 0) is 24.5 Å². The first kappa shape index (κ1) is 15.8. The van der Waals surface area contributed by atoms with Gasteiger partial charge in [-0.25, -0.2) is 9.97 Å². The molecule has 2 aromatic carbocycles. The van der Waals surface area contributed by atoms with Crippen molar-refractivity contribution in [3.8, 4) is 11.3 Å². The summed E-state index contributed by atoms with van der Waals surface area (Å²) in [5.41, 5.74) is 0.864. The van der Waals surface area contributed by atoms with Crippen LogP contribution in [-0.4, -0.2) is 17.8 Å². The second-order valence-electron chi connectivity index (χ2n) is 5.02. The molecule has 0 saturated heterocycles. The van der Waals surface area contributed by atoms with Crippen molar-refractivity contribution < 1.29 is 13.2 Å². The number of nitrogens with zero attached hydrogens (tertiary/aromatic N) is 2. The Bertz CT molecular complexity index is 881. The predicted molar refractivity (Wildman–Crippen MR) is 87.2 cm³/mol. The maximum Gasteiger partial charge on any atom is 0.418 e. The molecule has 0 unspecified atom stereocenters. The second kappa shape index (κ2) is 5.85. The fourth-order valence-electron chi connectivity index (χ4n) is 2.46.